The molecule has 0 aliphatic heterocycles. The molecule has 1 heterocycles. The summed E-state index contributed by atoms with van der Waals surface area (Å²) >= 11 is 0. The Morgan fingerprint density at radius 3 is 2.91 bits per heavy atom. The molecule has 3 N–H and O–H groups in total. The predicted molar refractivity (Wildman–Crippen MR) is 40.6 cm³/mol. The van der Waals surface area contributed by atoms with E-state index in [4.69, 9.17) is 5.84 Å². The van der Waals surface area contributed by atoms with Gasteiger partial charge in [0.2, 0.25) is 0 Å². The summed E-state index contributed by atoms with van der Waals surface area (Å²) in [6, 6.07) is 1.72. The minimum absolute atomic E-state index is 0.318. The van der Waals surface area contributed by atoms with Gasteiger partial charge in [-0.05, 0) is 18.6 Å². The van der Waals surface area contributed by atoms with Crippen LogP contribution in [0, 0.1) is 6.92 Å². The van der Waals surface area contributed by atoms with Crippen LogP contribution in [0.2, 0.25) is 0 Å². The molecule has 0 radical (unpaired) electrons. The maximum atomic E-state index is 10.9. The number of nitrogens with one attached hydrogen (secondary N) is 1. The molecule has 0 bridgehead atoms. The number of hydrogen-bond acceptors (Lipinski definition) is 3. The summed E-state index contributed by atoms with van der Waals surface area (Å²) in [5.74, 6) is 4.61. The first-order valence-electron chi connectivity index (χ1n) is 3.16. The number of nitrogen functional groups attached to an aromatic ring is 1. The molecular formula is C7H9N3O. The van der Waals surface area contributed by atoms with Gasteiger partial charge in [-0.25, -0.2) is 5.84 Å². The lowest BCUT2D eigenvalue weighted by Crippen LogP contribution is -2.30. The van der Waals surface area contributed by atoms with E-state index >= 15 is 0 Å². The standard InChI is InChI=1S/C7H9N3O/c1-5-2-6(4-9-3-5)7(11)10-8/h2-4H,8H2,1H3,(H,10,11). The summed E-state index contributed by atoms with van der Waals surface area (Å²) < 4.78 is 0. The summed E-state index contributed by atoms with van der Waals surface area (Å²) in [7, 11) is 0. The lowest BCUT2D eigenvalue weighted by molar-refractivity contribution is 0.0953. The van der Waals surface area contributed by atoms with Gasteiger partial charge in [0, 0.05) is 12.4 Å². The number of carbonyl (C=O) groups is 1. The highest BCUT2D eigenvalue weighted by Crippen LogP contribution is 1.99. The van der Waals surface area contributed by atoms with Crippen LogP contribution in [-0.4, -0.2) is 10.9 Å². The highest BCUT2D eigenvalue weighted by molar-refractivity contribution is 5.93. The van der Waals surface area contributed by atoms with Crippen molar-refractivity contribution < 1.29 is 4.79 Å². The molecule has 58 valence electrons. The smallest absolute Gasteiger partial charge is 0.266 e. The molecule has 1 aromatic rings. The summed E-state index contributed by atoms with van der Waals surface area (Å²) in [5, 5.41) is 0. The van der Waals surface area contributed by atoms with Crippen molar-refractivity contribution in [3.63, 3.8) is 0 Å². The van der Waals surface area contributed by atoms with Crippen molar-refractivity contribution in [2.45, 2.75) is 6.92 Å². The molecule has 0 unspecified atom stereocenters. The Morgan fingerprint density at radius 1 is 1.64 bits per heavy atom. The van der Waals surface area contributed by atoms with Crippen molar-refractivity contribution in [1.82, 2.24) is 10.4 Å². The summed E-state index contributed by atoms with van der Waals surface area (Å²) in [5.41, 5.74) is 3.44. The van der Waals surface area contributed by atoms with Gasteiger partial charge in [-0.3, -0.25) is 15.2 Å². The number of nitrogens with zero attached hydrogens (tertiary/aromatic N) is 1. The topological polar surface area (TPSA) is 68.0 Å². The third-order valence-electron chi connectivity index (χ3n) is 1.27. The van der Waals surface area contributed by atoms with Gasteiger partial charge in [-0.1, -0.05) is 0 Å². The third-order valence-corrected chi connectivity index (χ3v) is 1.27. The van der Waals surface area contributed by atoms with E-state index in [0.29, 0.717) is 5.56 Å². The fraction of sp³-hybridized carbons (Fsp3) is 0.143. The molecule has 0 saturated heterocycles. The monoisotopic (exact) mass is 151 g/mol. The molecule has 0 spiro atoms. The Bertz CT molecular complexity index is 272. The molecule has 1 amide bonds. The molecule has 0 aromatic carbocycles. The number of aromatic nitrogens is 1. The van der Waals surface area contributed by atoms with Crippen LogP contribution >= 0.6 is 0 Å². The van der Waals surface area contributed by atoms with Crippen LogP contribution in [0.1, 0.15) is 15.9 Å². The van der Waals surface area contributed by atoms with E-state index in [9.17, 15) is 4.79 Å². The molecule has 0 saturated carbocycles. The van der Waals surface area contributed by atoms with Crippen LogP contribution in [0.4, 0.5) is 0 Å². The molecule has 0 aliphatic carbocycles. The van der Waals surface area contributed by atoms with Crippen molar-refractivity contribution in [1.29, 1.82) is 0 Å². The van der Waals surface area contributed by atoms with Gasteiger partial charge in [-0.2, -0.15) is 0 Å². The number of hydrazine groups is 1. The maximum Gasteiger partial charge on any atom is 0.266 e. The Labute approximate surface area is 64.4 Å². The van der Waals surface area contributed by atoms with E-state index < -0.39 is 0 Å². The van der Waals surface area contributed by atoms with Crippen LogP contribution in [0.25, 0.3) is 0 Å². The van der Waals surface area contributed by atoms with Gasteiger partial charge in [0.15, 0.2) is 0 Å². The number of pyridine rings is 1. The number of nitrogens with two attached hydrogens (primary N) is 1. The van der Waals surface area contributed by atoms with Gasteiger partial charge in [0.25, 0.3) is 5.91 Å². The normalized spacial score (nSPS) is 9.27. The predicted octanol–water partition coefficient (Wildman–Crippen LogP) is -0.00648. The van der Waals surface area contributed by atoms with Crippen LogP contribution < -0.4 is 11.3 Å². The van der Waals surface area contributed by atoms with Crippen LogP contribution in [0.5, 0.6) is 0 Å². The molecule has 4 heteroatoms. The van der Waals surface area contributed by atoms with Gasteiger partial charge in [0.1, 0.15) is 0 Å². The molecule has 1 aromatic heterocycles. The molecule has 0 atom stereocenters. The molecule has 0 fully saturated rings. The SMILES string of the molecule is Cc1cncc(C(=O)NN)c1. The van der Waals surface area contributed by atoms with Crippen molar-refractivity contribution >= 4 is 5.91 Å². The highest BCUT2D eigenvalue weighted by atomic mass is 16.2. The summed E-state index contributed by atoms with van der Waals surface area (Å²) in [4.78, 5) is 14.7. The van der Waals surface area contributed by atoms with Gasteiger partial charge >= 0.3 is 0 Å². The molecule has 11 heavy (non-hydrogen) atoms. The molecule has 0 aliphatic rings. The number of amides is 1. The first kappa shape index (κ1) is 7.68. The van der Waals surface area contributed by atoms with Gasteiger partial charge in [0.05, 0.1) is 5.56 Å². The second-order valence-corrected chi connectivity index (χ2v) is 2.22. The zero-order valence-electron chi connectivity index (χ0n) is 6.16. The number of carbonyl (C=O) groups excluding carboxylic acids is 1. The Kier molecular flexibility index (Phi) is 2.18. The van der Waals surface area contributed by atoms with E-state index in [0.717, 1.165) is 5.56 Å². The zero-order valence-corrected chi connectivity index (χ0v) is 6.16. The quantitative estimate of drug-likeness (QED) is 0.337. The van der Waals surface area contributed by atoms with Gasteiger partial charge in [-0.15, -0.1) is 0 Å². The fourth-order valence-corrected chi connectivity index (χ4v) is 0.762. The van der Waals surface area contributed by atoms with Crippen LogP contribution in [0.15, 0.2) is 18.5 Å². The Morgan fingerprint density at radius 2 is 2.36 bits per heavy atom. The highest BCUT2D eigenvalue weighted by Gasteiger charge is 2.01. The minimum Gasteiger partial charge on any atom is -0.290 e. The van der Waals surface area contributed by atoms with E-state index in [2.05, 4.69) is 4.98 Å². The van der Waals surface area contributed by atoms with Crippen LogP contribution in [-0.2, 0) is 0 Å². The number of rotatable bonds is 1. The van der Waals surface area contributed by atoms with Gasteiger partial charge < -0.3 is 0 Å². The Balaban J connectivity index is 2.96. The average Bonchev–Trinajstić information content (AvgIpc) is 2.03. The number of aryl methyl sites for hydroxylation is 1. The average molecular weight is 151 g/mol. The largest absolute Gasteiger partial charge is 0.290 e. The maximum absolute atomic E-state index is 10.9. The second kappa shape index (κ2) is 3.12. The van der Waals surface area contributed by atoms with Crippen molar-refractivity contribution in [3.8, 4) is 0 Å². The minimum atomic E-state index is -0.318. The van der Waals surface area contributed by atoms with E-state index in [-0.39, 0.29) is 5.91 Å². The van der Waals surface area contributed by atoms with Crippen molar-refractivity contribution in [2.75, 3.05) is 0 Å². The summed E-state index contributed by atoms with van der Waals surface area (Å²) in [6.07, 6.45) is 3.14. The van der Waals surface area contributed by atoms with E-state index in [1.807, 2.05) is 12.3 Å². The van der Waals surface area contributed by atoms with Crippen molar-refractivity contribution in [2.24, 2.45) is 5.84 Å². The zero-order chi connectivity index (χ0) is 8.27. The first-order chi connectivity index (χ1) is 5.24. The molecular weight excluding hydrogens is 142 g/mol. The van der Waals surface area contributed by atoms with E-state index in [1.54, 1.807) is 12.3 Å². The molecule has 1 rings (SSSR count). The Hall–Kier alpha value is -1.42. The second-order valence-electron chi connectivity index (χ2n) is 2.22. The third kappa shape index (κ3) is 1.75. The number of hydrogen-bond donors (Lipinski definition) is 2. The summed E-state index contributed by atoms with van der Waals surface area (Å²) in [6.45, 7) is 1.86. The fourth-order valence-electron chi connectivity index (χ4n) is 0.762. The lowest BCUT2D eigenvalue weighted by atomic mass is 10.2. The lowest BCUT2D eigenvalue weighted by Gasteiger charge is -1.98. The first-order valence-corrected chi connectivity index (χ1v) is 3.16. The molecule has 4 nitrogen and oxygen atoms in total. The van der Waals surface area contributed by atoms with Crippen molar-refractivity contribution in [3.05, 3.63) is 29.6 Å². The van der Waals surface area contributed by atoms with Crippen LogP contribution in [0.3, 0.4) is 0 Å². The van der Waals surface area contributed by atoms with E-state index in [1.165, 1.54) is 6.20 Å².